The van der Waals surface area contributed by atoms with Gasteiger partial charge in [0.15, 0.2) is 0 Å². The number of aromatic nitrogens is 2. The first-order valence-corrected chi connectivity index (χ1v) is 15.9. The molecule has 0 bridgehead atoms. The third-order valence-electron chi connectivity index (χ3n) is 6.94. The predicted octanol–water partition coefficient (Wildman–Crippen LogP) is 8.78. The Labute approximate surface area is 253 Å². The molecule has 0 unspecified atom stereocenters. The molecule has 2 N–H and O–H groups in total. The molecule has 2 aromatic rings. The van der Waals surface area contributed by atoms with Gasteiger partial charge in [-0.2, -0.15) is 0 Å². The van der Waals surface area contributed by atoms with E-state index in [1.807, 2.05) is 0 Å². The van der Waals surface area contributed by atoms with Gasteiger partial charge < -0.3 is 10.2 Å². The Morgan fingerprint density at radius 3 is 1.90 bits per heavy atom. The van der Waals surface area contributed by atoms with Crippen LogP contribution in [0.4, 0.5) is 5.82 Å². The molecule has 7 nitrogen and oxygen atoms in total. The van der Waals surface area contributed by atoms with Crippen LogP contribution in [0.3, 0.4) is 0 Å². The first-order chi connectivity index (χ1) is 19.3. The van der Waals surface area contributed by atoms with E-state index in [1.54, 1.807) is 4.90 Å². The lowest BCUT2D eigenvalue weighted by Crippen LogP contribution is -2.34. The largest absolute Gasteiger partial charge is 0.342 e. The standard InChI is InChI=1S/C30H45Cl3N4O3/c1-3-5-7-8-9-10-11-12-13-14-15-16-28(39)36(18-6-4-2)19-17-27(38)34-26-22-29(40)37(35-26)30-24(32)20-23(31)21-25(30)33/h20-22,35H,3-19H2,1-2H3,(H,34,38). The number of rotatable bonds is 20. The van der Waals surface area contributed by atoms with Gasteiger partial charge in [-0.15, -0.1) is 0 Å². The molecule has 1 aromatic heterocycles. The van der Waals surface area contributed by atoms with Crippen molar-refractivity contribution in [1.29, 1.82) is 0 Å². The number of amides is 2. The summed E-state index contributed by atoms with van der Waals surface area (Å²) in [6.07, 6.45) is 16.2. The van der Waals surface area contributed by atoms with E-state index in [1.165, 1.54) is 76.0 Å². The van der Waals surface area contributed by atoms with Crippen molar-refractivity contribution in [3.8, 4) is 5.69 Å². The van der Waals surface area contributed by atoms with Crippen molar-refractivity contribution < 1.29 is 9.59 Å². The summed E-state index contributed by atoms with van der Waals surface area (Å²) in [5, 5.41) is 6.25. The maximum absolute atomic E-state index is 12.9. The van der Waals surface area contributed by atoms with Gasteiger partial charge in [-0.05, 0) is 25.0 Å². The summed E-state index contributed by atoms with van der Waals surface area (Å²) >= 11 is 18.4. The van der Waals surface area contributed by atoms with Gasteiger partial charge >= 0.3 is 0 Å². The fourth-order valence-electron chi connectivity index (χ4n) is 4.63. The molecule has 1 heterocycles. The third kappa shape index (κ3) is 12.3. The lowest BCUT2D eigenvalue weighted by Gasteiger charge is -2.22. The number of H-pyrrole nitrogens is 1. The first kappa shape index (κ1) is 34.2. The monoisotopic (exact) mass is 614 g/mol. The number of unbranched alkanes of at least 4 members (excludes halogenated alkanes) is 11. The van der Waals surface area contributed by atoms with E-state index in [4.69, 9.17) is 34.8 Å². The second-order valence-electron chi connectivity index (χ2n) is 10.4. The van der Waals surface area contributed by atoms with Crippen LogP contribution in [0.25, 0.3) is 5.69 Å². The minimum atomic E-state index is -0.437. The van der Waals surface area contributed by atoms with Gasteiger partial charge in [-0.25, -0.2) is 4.68 Å². The van der Waals surface area contributed by atoms with Crippen molar-refractivity contribution in [3.63, 3.8) is 0 Å². The second kappa shape index (κ2) is 19.2. The van der Waals surface area contributed by atoms with Gasteiger partial charge in [0.2, 0.25) is 11.8 Å². The molecule has 0 aliphatic carbocycles. The van der Waals surface area contributed by atoms with Crippen LogP contribution in [0, 0.1) is 0 Å². The van der Waals surface area contributed by atoms with Crippen molar-refractivity contribution >= 4 is 52.4 Å². The maximum Gasteiger partial charge on any atom is 0.273 e. The Morgan fingerprint density at radius 1 is 0.775 bits per heavy atom. The van der Waals surface area contributed by atoms with Gasteiger partial charge in [0.05, 0.1) is 10.0 Å². The molecule has 0 atom stereocenters. The highest BCUT2D eigenvalue weighted by Crippen LogP contribution is 2.31. The molecule has 0 aliphatic heterocycles. The van der Waals surface area contributed by atoms with E-state index in [2.05, 4.69) is 24.3 Å². The van der Waals surface area contributed by atoms with Crippen LogP contribution in [-0.4, -0.2) is 39.6 Å². The molecule has 0 saturated heterocycles. The molecular formula is C30H45Cl3N4O3. The molecule has 0 spiro atoms. The Balaban J connectivity index is 1.78. The maximum atomic E-state index is 12.9. The van der Waals surface area contributed by atoms with Gasteiger partial charge in [0, 0.05) is 37.0 Å². The average molecular weight is 616 g/mol. The quantitative estimate of drug-likeness (QED) is 0.146. The number of halogens is 3. The predicted molar refractivity (Wildman–Crippen MR) is 167 cm³/mol. The highest BCUT2D eigenvalue weighted by Gasteiger charge is 2.17. The number of nitrogens with one attached hydrogen (secondary N) is 2. The smallest absolute Gasteiger partial charge is 0.273 e. The zero-order valence-corrected chi connectivity index (χ0v) is 26.3. The van der Waals surface area contributed by atoms with Crippen LogP contribution < -0.4 is 10.9 Å². The van der Waals surface area contributed by atoms with Crippen molar-refractivity contribution in [1.82, 2.24) is 14.7 Å². The number of hydrogen-bond donors (Lipinski definition) is 2. The van der Waals surface area contributed by atoms with Crippen molar-refractivity contribution in [2.24, 2.45) is 0 Å². The number of nitrogens with zero attached hydrogens (tertiary/aromatic N) is 2. The lowest BCUT2D eigenvalue weighted by atomic mass is 10.1. The minimum Gasteiger partial charge on any atom is -0.342 e. The summed E-state index contributed by atoms with van der Waals surface area (Å²) in [7, 11) is 0. The Morgan fingerprint density at radius 2 is 1.32 bits per heavy atom. The number of carbonyl (C=O) groups is 2. The van der Waals surface area contributed by atoms with E-state index < -0.39 is 5.56 Å². The second-order valence-corrected chi connectivity index (χ2v) is 11.6. The molecule has 0 radical (unpaired) electrons. The zero-order chi connectivity index (χ0) is 29.3. The Hall–Kier alpha value is -1.96. The van der Waals surface area contributed by atoms with Gasteiger partial charge in [0.25, 0.3) is 5.56 Å². The van der Waals surface area contributed by atoms with Gasteiger partial charge in [0.1, 0.15) is 11.5 Å². The zero-order valence-electron chi connectivity index (χ0n) is 24.0. The molecule has 2 rings (SSSR count). The van der Waals surface area contributed by atoms with Crippen LogP contribution >= 0.6 is 34.8 Å². The van der Waals surface area contributed by atoms with Crippen LogP contribution in [0.5, 0.6) is 0 Å². The van der Waals surface area contributed by atoms with Crippen LogP contribution in [0.15, 0.2) is 23.0 Å². The highest BCUT2D eigenvalue weighted by atomic mass is 35.5. The van der Waals surface area contributed by atoms with Crippen molar-refractivity contribution in [3.05, 3.63) is 43.6 Å². The van der Waals surface area contributed by atoms with Crippen molar-refractivity contribution in [2.75, 3.05) is 18.4 Å². The van der Waals surface area contributed by atoms with Crippen LogP contribution in [-0.2, 0) is 9.59 Å². The van der Waals surface area contributed by atoms with E-state index >= 15 is 0 Å². The summed E-state index contributed by atoms with van der Waals surface area (Å²) in [5.41, 5.74) is -0.190. The first-order valence-electron chi connectivity index (χ1n) is 14.8. The van der Waals surface area contributed by atoms with E-state index in [0.29, 0.717) is 24.5 Å². The third-order valence-corrected chi connectivity index (χ3v) is 7.73. The molecule has 40 heavy (non-hydrogen) atoms. The fourth-order valence-corrected chi connectivity index (χ4v) is 5.62. The summed E-state index contributed by atoms with van der Waals surface area (Å²) in [5.74, 6) is 0.0129. The van der Waals surface area contributed by atoms with Gasteiger partial charge in [-0.1, -0.05) is 119 Å². The van der Waals surface area contributed by atoms with E-state index in [9.17, 15) is 14.4 Å². The van der Waals surface area contributed by atoms with Crippen molar-refractivity contribution in [2.45, 2.75) is 110 Å². The summed E-state index contributed by atoms with van der Waals surface area (Å²) in [6, 6.07) is 4.22. The fraction of sp³-hybridized carbons (Fsp3) is 0.633. The topological polar surface area (TPSA) is 87.2 Å². The highest BCUT2D eigenvalue weighted by molar-refractivity contribution is 6.40. The number of benzene rings is 1. The van der Waals surface area contributed by atoms with Gasteiger partial charge in [-0.3, -0.25) is 19.5 Å². The molecule has 10 heteroatoms. The summed E-state index contributed by atoms with van der Waals surface area (Å²) in [4.78, 5) is 39.8. The molecule has 0 aliphatic rings. The normalized spacial score (nSPS) is 11.1. The Bertz CT molecular complexity index is 1090. The minimum absolute atomic E-state index is 0.101. The molecule has 0 fully saturated rings. The molecule has 2 amide bonds. The number of hydrogen-bond acceptors (Lipinski definition) is 3. The molecular weight excluding hydrogens is 571 g/mol. The van der Waals surface area contributed by atoms with Crippen LogP contribution in [0.2, 0.25) is 15.1 Å². The van der Waals surface area contributed by atoms with E-state index in [-0.39, 0.29) is 39.8 Å². The Kier molecular flexibility index (Phi) is 16.4. The van der Waals surface area contributed by atoms with E-state index in [0.717, 1.165) is 30.4 Å². The number of aromatic amines is 1. The SMILES string of the molecule is CCCCCCCCCCCCCC(=O)N(CCCC)CCC(=O)Nc1cc(=O)n(-c2c(Cl)cc(Cl)cc2Cl)[nH]1. The molecule has 0 saturated carbocycles. The van der Waals surface area contributed by atoms with Crippen LogP contribution in [0.1, 0.15) is 110 Å². The summed E-state index contributed by atoms with van der Waals surface area (Å²) in [6.45, 7) is 5.30. The average Bonchev–Trinajstić information content (AvgIpc) is 3.25. The molecule has 224 valence electrons. The molecule has 1 aromatic carbocycles. The number of anilines is 1. The number of carbonyl (C=O) groups excluding carboxylic acids is 2. The summed E-state index contributed by atoms with van der Waals surface area (Å²) < 4.78 is 1.15. The lowest BCUT2D eigenvalue weighted by molar-refractivity contribution is -0.131.